The number of carbonyl (C=O) groups is 1. The van der Waals surface area contributed by atoms with Gasteiger partial charge in [-0.1, -0.05) is 13.0 Å². The number of fused-ring (bicyclic) bond motifs is 1. The van der Waals surface area contributed by atoms with E-state index in [0.29, 0.717) is 23.5 Å². The number of aromatic nitrogens is 3. The predicted molar refractivity (Wildman–Crippen MR) is 122 cm³/mol. The molecule has 1 unspecified atom stereocenters. The van der Waals surface area contributed by atoms with Gasteiger partial charge in [0.15, 0.2) is 15.5 Å². The summed E-state index contributed by atoms with van der Waals surface area (Å²) in [4.78, 5) is 25.9. The van der Waals surface area contributed by atoms with Crippen LogP contribution in [-0.2, 0) is 9.84 Å². The SMILES string of the molecule is Cc1nc2c(C(=O)N3CCC(C)CC3)nc(-c3cccs3)cc2n1C1CCS(=O)(=O)C1. The van der Waals surface area contributed by atoms with Gasteiger partial charge in [0.25, 0.3) is 5.91 Å². The molecule has 2 fully saturated rings. The number of hydrogen-bond donors (Lipinski definition) is 0. The normalized spacial score (nSPS) is 21.7. The molecular formula is C22H26N4O3S2. The summed E-state index contributed by atoms with van der Waals surface area (Å²) in [6, 6.07) is 5.75. The van der Waals surface area contributed by atoms with E-state index >= 15 is 0 Å². The zero-order chi connectivity index (χ0) is 21.8. The minimum atomic E-state index is -3.05. The van der Waals surface area contributed by atoms with Crippen molar-refractivity contribution in [2.24, 2.45) is 5.92 Å². The molecule has 2 aliphatic rings. The number of likely N-dealkylation sites (tertiary alicyclic amines) is 1. The molecule has 2 saturated heterocycles. The molecule has 1 amide bonds. The van der Waals surface area contributed by atoms with Gasteiger partial charge in [-0.05, 0) is 49.6 Å². The zero-order valence-corrected chi connectivity index (χ0v) is 19.4. The molecule has 5 rings (SSSR count). The van der Waals surface area contributed by atoms with Gasteiger partial charge in [0.2, 0.25) is 0 Å². The van der Waals surface area contributed by atoms with E-state index in [4.69, 9.17) is 9.97 Å². The number of thiophene rings is 1. The second-order valence-corrected chi connectivity index (χ2v) is 11.9. The van der Waals surface area contributed by atoms with Crippen molar-refractivity contribution in [1.29, 1.82) is 0 Å². The van der Waals surface area contributed by atoms with Gasteiger partial charge < -0.3 is 9.47 Å². The third-order valence-corrected chi connectivity index (χ3v) is 9.12. The molecule has 2 aliphatic heterocycles. The lowest BCUT2D eigenvalue weighted by molar-refractivity contribution is 0.0693. The summed E-state index contributed by atoms with van der Waals surface area (Å²) in [7, 11) is -3.05. The minimum Gasteiger partial charge on any atom is -0.337 e. The number of piperidine rings is 1. The smallest absolute Gasteiger partial charge is 0.274 e. The summed E-state index contributed by atoms with van der Waals surface area (Å²) in [5, 5.41) is 1.99. The summed E-state index contributed by atoms with van der Waals surface area (Å²) in [6.07, 6.45) is 2.55. The first-order valence-corrected chi connectivity index (χ1v) is 13.5. The Morgan fingerprint density at radius 2 is 1.97 bits per heavy atom. The van der Waals surface area contributed by atoms with Crippen LogP contribution in [0.3, 0.4) is 0 Å². The maximum absolute atomic E-state index is 13.5. The highest BCUT2D eigenvalue weighted by atomic mass is 32.2. The van der Waals surface area contributed by atoms with Crippen molar-refractivity contribution >= 4 is 38.1 Å². The van der Waals surface area contributed by atoms with Crippen LogP contribution in [0.5, 0.6) is 0 Å². The van der Waals surface area contributed by atoms with Crippen LogP contribution in [0.4, 0.5) is 0 Å². The Morgan fingerprint density at radius 1 is 1.19 bits per heavy atom. The minimum absolute atomic E-state index is 0.0843. The number of pyridine rings is 1. The average molecular weight is 459 g/mol. The summed E-state index contributed by atoms with van der Waals surface area (Å²) in [5.74, 6) is 1.57. The van der Waals surface area contributed by atoms with Crippen LogP contribution in [-0.4, -0.2) is 58.4 Å². The second kappa shape index (κ2) is 7.70. The first-order chi connectivity index (χ1) is 14.8. The van der Waals surface area contributed by atoms with E-state index in [2.05, 4.69) is 6.92 Å². The Bertz CT molecular complexity index is 1240. The van der Waals surface area contributed by atoms with E-state index in [9.17, 15) is 13.2 Å². The van der Waals surface area contributed by atoms with Crippen molar-refractivity contribution in [2.45, 2.75) is 39.2 Å². The first kappa shape index (κ1) is 20.6. The van der Waals surface area contributed by atoms with Crippen LogP contribution in [0.25, 0.3) is 21.6 Å². The maximum Gasteiger partial charge on any atom is 0.274 e. The fourth-order valence-corrected chi connectivity index (χ4v) is 7.10. The van der Waals surface area contributed by atoms with Gasteiger partial charge in [0.05, 0.1) is 33.6 Å². The Hall–Kier alpha value is -2.26. The lowest BCUT2D eigenvalue weighted by Crippen LogP contribution is -2.38. The van der Waals surface area contributed by atoms with E-state index in [1.54, 1.807) is 11.3 Å². The highest BCUT2D eigenvalue weighted by Crippen LogP contribution is 2.34. The predicted octanol–water partition coefficient (Wildman–Crippen LogP) is 3.70. The number of sulfone groups is 1. The average Bonchev–Trinajstić information content (AvgIpc) is 3.45. The van der Waals surface area contributed by atoms with Crippen molar-refractivity contribution in [3.05, 3.63) is 35.1 Å². The molecule has 164 valence electrons. The van der Waals surface area contributed by atoms with E-state index < -0.39 is 9.84 Å². The Morgan fingerprint density at radius 3 is 2.61 bits per heavy atom. The van der Waals surface area contributed by atoms with Gasteiger partial charge in [-0.15, -0.1) is 11.3 Å². The molecule has 9 heteroatoms. The Kier molecular flexibility index (Phi) is 5.13. The van der Waals surface area contributed by atoms with Crippen molar-refractivity contribution in [2.75, 3.05) is 24.6 Å². The largest absolute Gasteiger partial charge is 0.337 e. The van der Waals surface area contributed by atoms with Crippen molar-refractivity contribution < 1.29 is 13.2 Å². The number of carbonyl (C=O) groups excluding carboxylic acids is 1. The van der Waals surface area contributed by atoms with Crippen LogP contribution < -0.4 is 0 Å². The van der Waals surface area contributed by atoms with Crippen LogP contribution in [0, 0.1) is 12.8 Å². The fourth-order valence-electron chi connectivity index (χ4n) is 4.71. The Balaban J connectivity index is 1.66. The summed E-state index contributed by atoms with van der Waals surface area (Å²) in [5.41, 5.74) is 2.48. The monoisotopic (exact) mass is 458 g/mol. The summed E-state index contributed by atoms with van der Waals surface area (Å²) >= 11 is 1.57. The molecule has 5 heterocycles. The topological polar surface area (TPSA) is 85.2 Å². The van der Waals surface area contributed by atoms with Gasteiger partial charge >= 0.3 is 0 Å². The zero-order valence-electron chi connectivity index (χ0n) is 17.7. The molecule has 0 spiro atoms. The van der Waals surface area contributed by atoms with Gasteiger partial charge in [-0.3, -0.25) is 4.79 Å². The lowest BCUT2D eigenvalue weighted by atomic mass is 9.99. The number of imidazole rings is 1. The number of nitrogens with zero attached hydrogens (tertiary/aromatic N) is 4. The van der Waals surface area contributed by atoms with Gasteiger partial charge in [-0.2, -0.15) is 0 Å². The number of aryl methyl sites for hydroxylation is 1. The van der Waals surface area contributed by atoms with E-state index in [-0.39, 0.29) is 23.5 Å². The second-order valence-electron chi connectivity index (χ2n) is 8.76. The van der Waals surface area contributed by atoms with Crippen LogP contribution in [0.2, 0.25) is 0 Å². The molecule has 1 atom stereocenters. The van der Waals surface area contributed by atoms with Crippen LogP contribution in [0.15, 0.2) is 23.6 Å². The number of amides is 1. The fraction of sp³-hybridized carbons (Fsp3) is 0.500. The molecule has 31 heavy (non-hydrogen) atoms. The molecule has 0 N–H and O–H groups in total. The maximum atomic E-state index is 13.5. The third kappa shape index (κ3) is 3.78. The molecule has 0 aliphatic carbocycles. The van der Waals surface area contributed by atoms with E-state index in [0.717, 1.165) is 47.8 Å². The van der Waals surface area contributed by atoms with E-state index in [1.807, 2.05) is 40.0 Å². The lowest BCUT2D eigenvalue weighted by Gasteiger charge is -2.30. The van der Waals surface area contributed by atoms with Gasteiger partial charge in [-0.25, -0.2) is 18.4 Å². The third-order valence-electron chi connectivity index (χ3n) is 6.47. The standard InChI is InChI=1S/C22H26N4O3S2/c1-14-5-8-25(9-6-14)22(27)21-20-18(12-17(24-21)19-4-3-10-30-19)26(15(2)23-20)16-7-11-31(28,29)13-16/h3-4,10,12,14,16H,5-9,11,13H2,1-2H3. The first-order valence-electron chi connectivity index (χ1n) is 10.8. The van der Waals surface area contributed by atoms with E-state index in [1.165, 1.54) is 0 Å². The highest BCUT2D eigenvalue weighted by Gasteiger charge is 2.33. The number of rotatable bonds is 3. The van der Waals surface area contributed by atoms with Crippen molar-refractivity contribution in [3.63, 3.8) is 0 Å². The van der Waals surface area contributed by atoms with Gasteiger partial charge in [0, 0.05) is 13.1 Å². The molecule has 7 nitrogen and oxygen atoms in total. The molecule has 0 bridgehead atoms. The summed E-state index contributed by atoms with van der Waals surface area (Å²) in [6.45, 7) is 5.56. The highest BCUT2D eigenvalue weighted by molar-refractivity contribution is 7.91. The molecule has 0 radical (unpaired) electrons. The quantitative estimate of drug-likeness (QED) is 0.597. The molecule has 3 aromatic rings. The molecule has 0 aromatic carbocycles. The molecule has 3 aromatic heterocycles. The van der Waals surface area contributed by atoms with Crippen LogP contribution >= 0.6 is 11.3 Å². The molecular weight excluding hydrogens is 432 g/mol. The van der Waals surface area contributed by atoms with Crippen LogP contribution in [0.1, 0.15) is 48.5 Å². The van der Waals surface area contributed by atoms with Crippen molar-refractivity contribution in [3.8, 4) is 10.6 Å². The van der Waals surface area contributed by atoms with Gasteiger partial charge in [0.1, 0.15) is 11.3 Å². The number of hydrogen-bond acceptors (Lipinski definition) is 6. The van der Waals surface area contributed by atoms with Crippen molar-refractivity contribution in [1.82, 2.24) is 19.4 Å². The molecule has 0 saturated carbocycles. The summed E-state index contributed by atoms with van der Waals surface area (Å²) < 4.78 is 26.3. The Labute approximate surface area is 186 Å².